The molecule has 0 aliphatic heterocycles. The highest BCUT2D eigenvalue weighted by atomic mass is 19.4. The Hall–Kier alpha value is -0.820. The van der Waals surface area contributed by atoms with Crippen LogP contribution < -0.4 is 5.32 Å². The Labute approximate surface area is 104 Å². The minimum atomic E-state index is -4.35. The molecule has 1 aliphatic carbocycles. The fourth-order valence-corrected chi connectivity index (χ4v) is 1.99. The van der Waals surface area contributed by atoms with E-state index >= 15 is 0 Å². The lowest BCUT2D eigenvalue weighted by molar-refractivity contribution is -0.170. The van der Waals surface area contributed by atoms with Crippen molar-refractivity contribution < 1.29 is 27.4 Å². The van der Waals surface area contributed by atoms with Crippen LogP contribution in [0, 0.1) is 0 Å². The van der Waals surface area contributed by atoms with Crippen molar-refractivity contribution in [3.05, 3.63) is 0 Å². The summed E-state index contributed by atoms with van der Waals surface area (Å²) in [6.45, 7) is 2.84. The molecule has 0 aromatic rings. The van der Waals surface area contributed by atoms with Crippen LogP contribution in [-0.4, -0.2) is 43.5 Å². The van der Waals surface area contributed by atoms with Crippen molar-refractivity contribution in [2.24, 2.45) is 0 Å². The van der Waals surface area contributed by atoms with Gasteiger partial charge in [-0.1, -0.05) is 0 Å². The molecule has 0 atom stereocenters. The summed E-state index contributed by atoms with van der Waals surface area (Å²) in [5.41, 5.74) is -1.24. The SMILES string of the molecule is CCOC(=O)C1(NCC(F)(F)F)CC(OCC)C1. The average Bonchev–Trinajstić information content (AvgIpc) is 2.20. The summed E-state index contributed by atoms with van der Waals surface area (Å²) in [6.07, 6.45) is -4.10. The quantitative estimate of drug-likeness (QED) is 0.745. The first-order valence-electron chi connectivity index (χ1n) is 5.93. The minimum absolute atomic E-state index is 0.146. The van der Waals surface area contributed by atoms with Crippen LogP contribution in [0.4, 0.5) is 13.2 Å². The summed E-state index contributed by atoms with van der Waals surface area (Å²) < 4.78 is 46.7. The van der Waals surface area contributed by atoms with Gasteiger partial charge in [-0.3, -0.25) is 10.1 Å². The molecule has 0 aromatic heterocycles. The van der Waals surface area contributed by atoms with Gasteiger partial charge in [-0.25, -0.2) is 0 Å². The number of hydrogen-bond acceptors (Lipinski definition) is 4. The summed E-state index contributed by atoms with van der Waals surface area (Å²) in [5, 5.41) is 2.27. The number of alkyl halides is 3. The lowest BCUT2D eigenvalue weighted by atomic mass is 9.74. The van der Waals surface area contributed by atoms with Crippen LogP contribution in [0.25, 0.3) is 0 Å². The van der Waals surface area contributed by atoms with Gasteiger partial charge in [0.25, 0.3) is 0 Å². The molecule has 0 unspecified atom stereocenters. The van der Waals surface area contributed by atoms with E-state index in [0.717, 1.165) is 0 Å². The van der Waals surface area contributed by atoms with Crippen LogP contribution in [0.1, 0.15) is 26.7 Å². The normalized spacial score (nSPS) is 27.7. The van der Waals surface area contributed by atoms with Gasteiger partial charge in [0.15, 0.2) is 0 Å². The molecular formula is C11H18F3NO3. The van der Waals surface area contributed by atoms with Gasteiger partial charge in [-0.05, 0) is 13.8 Å². The third-order valence-electron chi connectivity index (χ3n) is 2.85. The second-order valence-electron chi connectivity index (χ2n) is 4.26. The Morgan fingerprint density at radius 2 is 1.94 bits per heavy atom. The highest BCUT2D eigenvalue weighted by molar-refractivity contribution is 5.82. The third kappa shape index (κ3) is 3.84. The van der Waals surface area contributed by atoms with Crippen LogP contribution in [0.3, 0.4) is 0 Å². The summed E-state index contributed by atoms with van der Waals surface area (Å²) >= 11 is 0. The maximum absolute atomic E-state index is 12.2. The van der Waals surface area contributed by atoms with Crippen molar-refractivity contribution in [1.82, 2.24) is 5.32 Å². The van der Waals surface area contributed by atoms with E-state index in [1.807, 2.05) is 0 Å². The van der Waals surface area contributed by atoms with E-state index < -0.39 is 24.2 Å². The molecule has 0 radical (unpaired) electrons. The van der Waals surface area contributed by atoms with Crippen molar-refractivity contribution in [3.63, 3.8) is 0 Å². The fraction of sp³-hybridized carbons (Fsp3) is 0.909. The van der Waals surface area contributed by atoms with E-state index in [9.17, 15) is 18.0 Å². The molecule has 1 aliphatic rings. The van der Waals surface area contributed by atoms with Crippen LogP contribution in [0.2, 0.25) is 0 Å². The van der Waals surface area contributed by atoms with E-state index in [1.54, 1.807) is 13.8 Å². The van der Waals surface area contributed by atoms with Gasteiger partial charge >= 0.3 is 12.1 Å². The molecule has 0 heterocycles. The predicted octanol–water partition coefficient (Wildman–Crippen LogP) is 1.64. The molecule has 7 heteroatoms. The minimum Gasteiger partial charge on any atom is -0.465 e. The molecule has 0 bridgehead atoms. The summed E-state index contributed by atoms with van der Waals surface area (Å²) in [7, 11) is 0. The second-order valence-corrected chi connectivity index (χ2v) is 4.26. The molecule has 0 saturated heterocycles. The molecule has 1 N–H and O–H groups in total. The molecule has 1 fully saturated rings. The zero-order valence-corrected chi connectivity index (χ0v) is 10.5. The smallest absolute Gasteiger partial charge is 0.401 e. The lowest BCUT2D eigenvalue weighted by Gasteiger charge is -2.45. The zero-order chi connectivity index (χ0) is 13.8. The van der Waals surface area contributed by atoms with Gasteiger partial charge in [-0.2, -0.15) is 13.2 Å². The molecule has 18 heavy (non-hydrogen) atoms. The first-order valence-corrected chi connectivity index (χ1v) is 5.93. The van der Waals surface area contributed by atoms with E-state index in [4.69, 9.17) is 9.47 Å². The van der Waals surface area contributed by atoms with Gasteiger partial charge < -0.3 is 9.47 Å². The van der Waals surface area contributed by atoms with Crippen molar-refractivity contribution >= 4 is 5.97 Å². The molecule has 1 saturated carbocycles. The Morgan fingerprint density at radius 3 is 2.39 bits per heavy atom. The van der Waals surface area contributed by atoms with Crippen LogP contribution in [0.15, 0.2) is 0 Å². The Morgan fingerprint density at radius 1 is 1.33 bits per heavy atom. The molecule has 0 aromatic carbocycles. The van der Waals surface area contributed by atoms with Gasteiger partial charge in [-0.15, -0.1) is 0 Å². The molecule has 0 amide bonds. The zero-order valence-electron chi connectivity index (χ0n) is 10.5. The second kappa shape index (κ2) is 5.88. The Bertz CT molecular complexity index is 288. The van der Waals surface area contributed by atoms with Gasteiger partial charge in [0.1, 0.15) is 5.54 Å². The third-order valence-corrected chi connectivity index (χ3v) is 2.85. The fourth-order valence-electron chi connectivity index (χ4n) is 1.99. The molecule has 4 nitrogen and oxygen atoms in total. The van der Waals surface area contributed by atoms with Crippen molar-refractivity contribution in [2.45, 2.75) is 44.5 Å². The molecule has 1 rings (SSSR count). The van der Waals surface area contributed by atoms with E-state index in [-0.39, 0.29) is 25.6 Å². The maximum atomic E-state index is 12.2. The van der Waals surface area contributed by atoms with Crippen molar-refractivity contribution in [3.8, 4) is 0 Å². The number of halogens is 3. The summed E-state index contributed by atoms with van der Waals surface area (Å²) in [5.74, 6) is -0.634. The number of esters is 1. The van der Waals surface area contributed by atoms with Gasteiger partial charge in [0, 0.05) is 19.4 Å². The summed E-state index contributed by atoms with van der Waals surface area (Å²) in [4.78, 5) is 11.7. The van der Waals surface area contributed by atoms with Crippen molar-refractivity contribution in [2.75, 3.05) is 19.8 Å². The Kier molecular flexibility index (Phi) is 4.98. The topological polar surface area (TPSA) is 47.6 Å². The standard InChI is InChI=1S/C11H18F3NO3/c1-3-17-8-5-10(6-8,9(16)18-4-2)15-7-11(12,13)14/h8,15H,3-7H2,1-2H3. The Balaban J connectivity index is 2.58. The first kappa shape index (κ1) is 15.2. The van der Waals surface area contributed by atoms with Gasteiger partial charge in [0.2, 0.25) is 0 Å². The number of hydrogen-bond donors (Lipinski definition) is 1. The first-order chi connectivity index (χ1) is 8.33. The lowest BCUT2D eigenvalue weighted by Crippen LogP contribution is -2.65. The van der Waals surface area contributed by atoms with E-state index in [1.165, 1.54) is 0 Å². The highest BCUT2D eigenvalue weighted by Crippen LogP contribution is 2.36. The van der Waals surface area contributed by atoms with Crippen LogP contribution >= 0.6 is 0 Å². The van der Waals surface area contributed by atoms with Crippen LogP contribution in [0.5, 0.6) is 0 Å². The number of rotatable bonds is 6. The van der Waals surface area contributed by atoms with E-state index in [2.05, 4.69) is 5.32 Å². The monoisotopic (exact) mass is 269 g/mol. The van der Waals surface area contributed by atoms with Gasteiger partial charge in [0.05, 0.1) is 19.3 Å². The van der Waals surface area contributed by atoms with E-state index in [0.29, 0.717) is 6.61 Å². The highest BCUT2D eigenvalue weighted by Gasteiger charge is 2.53. The largest absolute Gasteiger partial charge is 0.465 e. The molecular weight excluding hydrogens is 251 g/mol. The summed E-state index contributed by atoms with van der Waals surface area (Å²) in [6, 6.07) is 0. The average molecular weight is 269 g/mol. The number of ether oxygens (including phenoxy) is 2. The number of nitrogens with one attached hydrogen (secondary N) is 1. The molecule has 106 valence electrons. The molecule has 0 spiro atoms. The number of carbonyl (C=O) groups excluding carboxylic acids is 1. The maximum Gasteiger partial charge on any atom is 0.401 e. The van der Waals surface area contributed by atoms with Crippen molar-refractivity contribution in [1.29, 1.82) is 0 Å². The number of carbonyl (C=O) groups is 1. The predicted molar refractivity (Wildman–Crippen MR) is 58.1 cm³/mol. The van der Waals surface area contributed by atoms with Crippen LogP contribution in [-0.2, 0) is 14.3 Å².